The average molecular weight is 317 g/mol. The van der Waals surface area contributed by atoms with E-state index in [0.29, 0.717) is 0 Å². The number of aromatic nitrogens is 1. The highest BCUT2D eigenvalue weighted by atomic mass is 32.1. The van der Waals surface area contributed by atoms with E-state index in [1.165, 1.54) is 28.2 Å². The van der Waals surface area contributed by atoms with Crippen molar-refractivity contribution in [2.45, 2.75) is 25.8 Å². The number of aryl methyl sites for hydroxylation is 1. The topological polar surface area (TPSA) is 28.6 Å². The van der Waals surface area contributed by atoms with E-state index in [1.54, 1.807) is 0 Å². The number of benzene rings is 1. The third-order valence-electron chi connectivity index (χ3n) is 4.90. The molecule has 2 saturated heterocycles. The molecule has 3 heterocycles. The van der Waals surface area contributed by atoms with Crippen LogP contribution in [0.2, 0.25) is 0 Å². The zero-order chi connectivity index (χ0) is 14.9. The lowest BCUT2D eigenvalue weighted by Crippen LogP contribution is -2.49. The third kappa shape index (κ3) is 2.73. The summed E-state index contributed by atoms with van der Waals surface area (Å²) in [5.41, 5.74) is 2.49. The van der Waals surface area contributed by atoms with Crippen molar-refractivity contribution in [3.05, 3.63) is 23.8 Å². The van der Waals surface area contributed by atoms with Crippen LogP contribution in [0.4, 0.5) is 5.13 Å². The molecule has 2 aliphatic rings. The zero-order valence-corrected chi connectivity index (χ0v) is 13.9. The van der Waals surface area contributed by atoms with Gasteiger partial charge in [-0.15, -0.1) is 0 Å². The number of thiazole rings is 1. The molecule has 2 aromatic rings. The van der Waals surface area contributed by atoms with Crippen LogP contribution in [0.3, 0.4) is 0 Å². The van der Waals surface area contributed by atoms with Gasteiger partial charge in [-0.25, -0.2) is 4.98 Å². The molecule has 0 amide bonds. The number of nitrogens with zero attached hydrogens (tertiary/aromatic N) is 3. The second kappa shape index (κ2) is 6.14. The Morgan fingerprint density at radius 2 is 1.91 bits per heavy atom. The van der Waals surface area contributed by atoms with Crippen molar-refractivity contribution in [1.29, 1.82) is 0 Å². The Balaban J connectivity index is 1.45. The van der Waals surface area contributed by atoms with Gasteiger partial charge in [0.25, 0.3) is 0 Å². The van der Waals surface area contributed by atoms with Gasteiger partial charge in [0.2, 0.25) is 0 Å². The standard InChI is InChI=1S/C17H23N3OS/c1-13-3-2-4-15-16(13)22-17(18-15)20-7-5-14(6-8-20)19-9-11-21-12-10-19/h2-4,14H,5-12H2,1H3. The second-order valence-corrected chi connectivity index (χ2v) is 7.26. The van der Waals surface area contributed by atoms with Gasteiger partial charge in [-0.1, -0.05) is 23.5 Å². The van der Waals surface area contributed by atoms with Gasteiger partial charge in [0, 0.05) is 32.2 Å². The fourth-order valence-electron chi connectivity index (χ4n) is 3.58. The molecule has 1 aromatic carbocycles. The van der Waals surface area contributed by atoms with Crippen molar-refractivity contribution in [3.8, 4) is 0 Å². The van der Waals surface area contributed by atoms with E-state index in [4.69, 9.17) is 9.72 Å². The van der Waals surface area contributed by atoms with Crippen molar-refractivity contribution in [2.24, 2.45) is 0 Å². The predicted octanol–water partition coefficient (Wildman–Crippen LogP) is 2.91. The molecule has 0 bridgehead atoms. The van der Waals surface area contributed by atoms with Crippen molar-refractivity contribution >= 4 is 26.7 Å². The van der Waals surface area contributed by atoms with Crippen LogP contribution in [0.25, 0.3) is 10.2 Å². The molecule has 0 atom stereocenters. The lowest BCUT2D eigenvalue weighted by Gasteiger charge is -2.40. The molecule has 4 nitrogen and oxygen atoms in total. The molecular weight excluding hydrogens is 294 g/mol. The van der Waals surface area contributed by atoms with Crippen LogP contribution in [-0.2, 0) is 4.74 Å². The number of hydrogen-bond donors (Lipinski definition) is 0. The summed E-state index contributed by atoms with van der Waals surface area (Å²) in [7, 11) is 0. The average Bonchev–Trinajstić information content (AvgIpc) is 3.02. The van der Waals surface area contributed by atoms with Gasteiger partial charge < -0.3 is 9.64 Å². The van der Waals surface area contributed by atoms with Crippen molar-refractivity contribution in [1.82, 2.24) is 9.88 Å². The molecule has 1 aromatic heterocycles. The zero-order valence-electron chi connectivity index (χ0n) is 13.1. The maximum atomic E-state index is 5.47. The summed E-state index contributed by atoms with van der Waals surface area (Å²) in [6.45, 7) is 8.43. The summed E-state index contributed by atoms with van der Waals surface area (Å²) in [5, 5.41) is 1.20. The van der Waals surface area contributed by atoms with E-state index in [9.17, 15) is 0 Å². The lowest BCUT2D eigenvalue weighted by atomic mass is 10.0. The van der Waals surface area contributed by atoms with Crippen LogP contribution in [0.15, 0.2) is 18.2 Å². The van der Waals surface area contributed by atoms with Crippen LogP contribution >= 0.6 is 11.3 Å². The number of ether oxygens (including phenoxy) is 1. The highest BCUT2D eigenvalue weighted by Crippen LogP contribution is 2.32. The number of piperidine rings is 1. The minimum absolute atomic E-state index is 0.733. The molecule has 2 aliphatic heterocycles. The van der Waals surface area contributed by atoms with Crippen LogP contribution in [-0.4, -0.2) is 55.3 Å². The molecule has 0 aliphatic carbocycles. The number of rotatable bonds is 2. The summed E-state index contributed by atoms with van der Waals surface area (Å²) >= 11 is 1.85. The first kappa shape index (κ1) is 14.4. The Bertz CT molecular complexity index is 642. The Labute approximate surface area is 135 Å². The Kier molecular flexibility index (Phi) is 4.03. The van der Waals surface area contributed by atoms with Gasteiger partial charge in [0.05, 0.1) is 23.4 Å². The number of morpholine rings is 1. The largest absolute Gasteiger partial charge is 0.379 e. The third-order valence-corrected chi connectivity index (χ3v) is 6.16. The highest BCUT2D eigenvalue weighted by molar-refractivity contribution is 7.22. The van der Waals surface area contributed by atoms with Gasteiger partial charge in [-0.05, 0) is 31.4 Å². The molecule has 2 fully saturated rings. The van der Waals surface area contributed by atoms with Crippen LogP contribution < -0.4 is 4.90 Å². The number of anilines is 1. The fraction of sp³-hybridized carbons (Fsp3) is 0.588. The summed E-state index contributed by atoms with van der Waals surface area (Å²) in [4.78, 5) is 9.93. The first-order valence-electron chi connectivity index (χ1n) is 8.24. The smallest absolute Gasteiger partial charge is 0.186 e. The normalized spacial score (nSPS) is 21.6. The van der Waals surface area contributed by atoms with Gasteiger partial charge in [-0.2, -0.15) is 0 Å². The maximum absolute atomic E-state index is 5.47. The molecule has 0 unspecified atom stereocenters. The Morgan fingerprint density at radius 1 is 1.14 bits per heavy atom. The molecule has 0 saturated carbocycles. The molecular formula is C17H23N3OS. The van der Waals surface area contributed by atoms with Crippen LogP contribution in [0.1, 0.15) is 18.4 Å². The van der Waals surface area contributed by atoms with Gasteiger partial charge >= 0.3 is 0 Å². The van der Waals surface area contributed by atoms with E-state index >= 15 is 0 Å². The number of fused-ring (bicyclic) bond motifs is 1. The second-order valence-electron chi connectivity index (χ2n) is 6.29. The molecule has 0 radical (unpaired) electrons. The summed E-state index contributed by atoms with van der Waals surface area (Å²) < 4.78 is 6.81. The molecule has 0 spiro atoms. The van der Waals surface area contributed by atoms with E-state index in [0.717, 1.165) is 51.0 Å². The summed E-state index contributed by atoms with van der Waals surface area (Å²) in [6, 6.07) is 7.14. The predicted molar refractivity (Wildman–Crippen MR) is 92.0 cm³/mol. The molecule has 4 rings (SSSR count). The fourth-order valence-corrected chi connectivity index (χ4v) is 4.66. The first-order valence-corrected chi connectivity index (χ1v) is 9.06. The van der Waals surface area contributed by atoms with Gasteiger partial charge in [-0.3, -0.25) is 4.90 Å². The van der Waals surface area contributed by atoms with Crippen molar-refractivity contribution in [3.63, 3.8) is 0 Å². The van der Waals surface area contributed by atoms with E-state index in [1.807, 2.05) is 11.3 Å². The quantitative estimate of drug-likeness (QED) is 0.851. The molecule has 5 heteroatoms. The molecule has 22 heavy (non-hydrogen) atoms. The first-order chi connectivity index (χ1) is 10.8. The Morgan fingerprint density at radius 3 is 2.64 bits per heavy atom. The van der Waals surface area contributed by atoms with Gasteiger partial charge in [0.15, 0.2) is 5.13 Å². The number of hydrogen-bond acceptors (Lipinski definition) is 5. The minimum atomic E-state index is 0.733. The monoisotopic (exact) mass is 317 g/mol. The Hall–Kier alpha value is -1.17. The van der Waals surface area contributed by atoms with Crippen LogP contribution in [0.5, 0.6) is 0 Å². The van der Waals surface area contributed by atoms with E-state index < -0.39 is 0 Å². The summed E-state index contributed by atoms with van der Waals surface area (Å²) in [5.74, 6) is 0. The van der Waals surface area contributed by atoms with Crippen molar-refractivity contribution in [2.75, 3.05) is 44.3 Å². The van der Waals surface area contributed by atoms with Crippen molar-refractivity contribution < 1.29 is 4.74 Å². The highest BCUT2D eigenvalue weighted by Gasteiger charge is 2.27. The summed E-state index contributed by atoms with van der Waals surface area (Å²) in [6.07, 6.45) is 2.49. The SMILES string of the molecule is Cc1cccc2nc(N3CCC(N4CCOCC4)CC3)sc12. The maximum Gasteiger partial charge on any atom is 0.186 e. The van der Waals surface area contributed by atoms with Gasteiger partial charge in [0.1, 0.15) is 0 Å². The minimum Gasteiger partial charge on any atom is -0.379 e. The lowest BCUT2D eigenvalue weighted by molar-refractivity contribution is 0.0115. The van der Waals surface area contributed by atoms with E-state index in [2.05, 4.69) is 34.9 Å². The molecule has 0 N–H and O–H groups in total. The van der Waals surface area contributed by atoms with E-state index in [-0.39, 0.29) is 0 Å². The van der Waals surface area contributed by atoms with Crippen LogP contribution in [0, 0.1) is 6.92 Å². The molecule has 118 valence electrons.